The van der Waals surface area contributed by atoms with E-state index in [1.165, 1.54) is 70.0 Å². The highest BCUT2D eigenvalue weighted by atomic mass is 16.5. The molecule has 0 aromatic heterocycles. The van der Waals surface area contributed by atoms with Gasteiger partial charge in [0.1, 0.15) is 0 Å². The van der Waals surface area contributed by atoms with E-state index in [1.54, 1.807) is 6.92 Å². The van der Waals surface area contributed by atoms with Crippen molar-refractivity contribution in [3.63, 3.8) is 0 Å². The van der Waals surface area contributed by atoms with Crippen molar-refractivity contribution in [3.8, 4) is 0 Å². The quantitative estimate of drug-likeness (QED) is 0.0512. The second-order valence-electron chi connectivity index (χ2n) is 19.4. The zero-order valence-corrected chi connectivity index (χ0v) is 44.7. The summed E-state index contributed by atoms with van der Waals surface area (Å²) in [5.74, 6) is -0.812. The molecule has 0 fully saturated rings. The average Bonchev–Trinajstić information content (AvgIpc) is 3.26. The minimum Gasteiger partial charge on any atom is -0.489 e. The number of methoxy groups -OCH3 is 2. The van der Waals surface area contributed by atoms with Gasteiger partial charge in [0, 0.05) is 17.6 Å². The van der Waals surface area contributed by atoms with Crippen LogP contribution in [0.4, 0.5) is 0 Å². The summed E-state index contributed by atoms with van der Waals surface area (Å²) in [5, 5.41) is 0. The molecule has 0 spiro atoms. The van der Waals surface area contributed by atoms with Crippen LogP contribution in [0, 0.1) is 0 Å². The van der Waals surface area contributed by atoms with Crippen LogP contribution in [0.2, 0.25) is 0 Å². The van der Waals surface area contributed by atoms with Gasteiger partial charge in [-0.05, 0) is 205 Å². The zero-order valence-electron chi connectivity index (χ0n) is 44.7. The number of Topliss-reactive ketones (excluding diaryl/α,β-unsaturated/α-hetero) is 2. The monoisotopic (exact) mass is 920 g/mol. The number of amides is 1. The summed E-state index contributed by atoms with van der Waals surface area (Å²) in [4.78, 5) is 36.5. The van der Waals surface area contributed by atoms with E-state index in [4.69, 9.17) is 15.2 Å². The Morgan fingerprint density at radius 2 is 0.597 bits per heavy atom. The largest absolute Gasteiger partial charge is 0.489 e. The summed E-state index contributed by atoms with van der Waals surface area (Å²) < 4.78 is 10.3. The van der Waals surface area contributed by atoms with Crippen LogP contribution < -0.4 is 5.73 Å². The number of ketones is 2. The summed E-state index contributed by atoms with van der Waals surface area (Å²) in [7, 11) is 2.77. The van der Waals surface area contributed by atoms with Crippen molar-refractivity contribution in [3.05, 3.63) is 139 Å². The van der Waals surface area contributed by atoms with Crippen molar-refractivity contribution in [2.45, 2.75) is 211 Å². The Kier molecular flexibility index (Phi) is 31.9. The Bertz CT molecular complexity index is 1990. The average molecular weight is 920 g/mol. The van der Waals surface area contributed by atoms with Gasteiger partial charge in [0.2, 0.25) is 29.0 Å². The van der Waals surface area contributed by atoms with Crippen LogP contribution in [-0.4, -0.2) is 31.7 Å². The van der Waals surface area contributed by atoms with Crippen LogP contribution in [0.25, 0.3) is 0 Å². The molecule has 1 rings (SSSR count). The van der Waals surface area contributed by atoms with Gasteiger partial charge < -0.3 is 15.2 Å². The Balaban J connectivity index is 2.30. The fourth-order valence-electron chi connectivity index (χ4n) is 7.97. The SMILES string of the molecule is COC1=C(OC)C(=O)C(C/C=C(\C)CC/C=C(\C)CC/C=C(\C)CC/C=C(\C)CC/C=C(\C)CC/C=C(\C)CC/C=C(\C)CC/C=C(\C)CC/C=C(\C)CC/C=C(\C)CCC(N)=O)=C(C)C1=O. The van der Waals surface area contributed by atoms with Crippen LogP contribution in [0.3, 0.4) is 0 Å². The lowest BCUT2D eigenvalue weighted by Gasteiger charge is -2.19. The van der Waals surface area contributed by atoms with E-state index in [1.807, 2.05) is 0 Å². The van der Waals surface area contributed by atoms with Crippen molar-refractivity contribution in [2.24, 2.45) is 5.73 Å². The standard InChI is InChI=1S/C61H93NO5/c1-45(23-14-24-46(2)26-16-28-48(4)30-18-32-50(6)34-20-36-52(8)38-22-40-54(10)42-44-57(62)63)25-15-27-47(3)29-17-31-49(5)33-19-35-51(7)37-21-39-53(9)41-43-56-55(11)58(64)60(66-12)61(67-13)59(56)65/h24-25,28-29,32-33,36-37,40-41H,14-23,26-27,30-31,34-35,38-39,42-44H2,1-13H3,(H2,62,63)/b45-25+,46-24+,47-29+,48-28+,49-33+,50-32+,51-37+,52-36+,53-41+,54-40+. The van der Waals surface area contributed by atoms with Gasteiger partial charge in [0.15, 0.2) is 0 Å². The molecular formula is C61H93NO5. The lowest BCUT2D eigenvalue weighted by atomic mass is 9.90. The summed E-state index contributed by atoms with van der Waals surface area (Å²) in [5.41, 5.74) is 20.4. The fourth-order valence-corrected chi connectivity index (χ4v) is 7.97. The molecule has 0 saturated heterocycles. The van der Waals surface area contributed by atoms with E-state index in [0.29, 0.717) is 24.0 Å². The maximum Gasteiger partial charge on any atom is 0.228 e. The van der Waals surface area contributed by atoms with Gasteiger partial charge in [-0.2, -0.15) is 0 Å². The third-order valence-electron chi connectivity index (χ3n) is 12.8. The molecule has 0 unspecified atom stereocenters. The molecule has 0 bridgehead atoms. The second-order valence-corrected chi connectivity index (χ2v) is 19.4. The predicted octanol–water partition coefficient (Wildman–Crippen LogP) is 17.1. The highest BCUT2D eigenvalue weighted by Crippen LogP contribution is 2.28. The summed E-state index contributed by atoms with van der Waals surface area (Å²) in [6.45, 7) is 23.9. The lowest BCUT2D eigenvalue weighted by Crippen LogP contribution is -2.24. The van der Waals surface area contributed by atoms with Gasteiger partial charge in [-0.3, -0.25) is 14.4 Å². The highest BCUT2D eigenvalue weighted by Gasteiger charge is 2.34. The number of hydrogen-bond donors (Lipinski definition) is 1. The minimum absolute atomic E-state index is 0.00994. The van der Waals surface area contributed by atoms with Gasteiger partial charge in [0.05, 0.1) is 14.2 Å². The highest BCUT2D eigenvalue weighted by molar-refractivity contribution is 6.23. The van der Waals surface area contributed by atoms with E-state index in [2.05, 4.69) is 130 Å². The smallest absolute Gasteiger partial charge is 0.228 e. The molecule has 0 aromatic carbocycles. The molecule has 2 N–H and O–H groups in total. The van der Waals surface area contributed by atoms with Gasteiger partial charge in [0.25, 0.3) is 0 Å². The first-order valence-corrected chi connectivity index (χ1v) is 25.3. The maximum atomic E-state index is 12.9. The van der Waals surface area contributed by atoms with Crippen LogP contribution in [0.1, 0.15) is 211 Å². The van der Waals surface area contributed by atoms with E-state index in [-0.39, 0.29) is 29.0 Å². The fraction of sp³-hybridized carbons (Fsp3) is 0.557. The third-order valence-corrected chi connectivity index (χ3v) is 12.8. The molecule has 6 heteroatoms. The molecule has 0 heterocycles. The lowest BCUT2D eigenvalue weighted by molar-refractivity contribution is -0.121. The molecular weight excluding hydrogens is 827 g/mol. The molecule has 6 nitrogen and oxygen atoms in total. The molecule has 0 aliphatic heterocycles. The number of carbonyl (C=O) groups is 3. The van der Waals surface area contributed by atoms with Gasteiger partial charge >= 0.3 is 0 Å². The van der Waals surface area contributed by atoms with Crippen molar-refractivity contribution in [1.29, 1.82) is 0 Å². The van der Waals surface area contributed by atoms with Gasteiger partial charge in [-0.15, -0.1) is 0 Å². The molecule has 0 atom stereocenters. The number of hydrogen-bond acceptors (Lipinski definition) is 5. The minimum atomic E-state index is -0.287. The molecule has 0 saturated carbocycles. The van der Waals surface area contributed by atoms with E-state index < -0.39 is 0 Å². The van der Waals surface area contributed by atoms with Crippen molar-refractivity contribution >= 4 is 17.5 Å². The molecule has 67 heavy (non-hydrogen) atoms. The Hall–Kier alpha value is -4.71. The van der Waals surface area contributed by atoms with Crippen molar-refractivity contribution in [2.75, 3.05) is 14.2 Å². The van der Waals surface area contributed by atoms with Crippen LogP contribution in [0.15, 0.2) is 139 Å². The summed E-state index contributed by atoms with van der Waals surface area (Å²) in [6.07, 6.45) is 44.7. The van der Waals surface area contributed by atoms with Gasteiger partial charge in [-0.25, -0.2) is 0 Å². The Morgan fingerprint density at radius 1 is 0.373 bits per heavy atom. The van der Waals surface area contributed by atoms with E-state index >= 15 is 0 Å². The third kappa shape index (κ3) is 28.3. The van der Waals surface area contributed by atoms with Crippen molar-refractivity contribution in [1.82, 2.24) is 0 Å². The number of carbonyl (C=O) groups excluding carboxylic acids is 3. The first kappa shape index (κ1) is 60.3. The molecule has 1 aliphatic carbocycles. The maximum absolute atomic E-state index is 12.9. The predicted molar refractivity (Wildman–Crippen MR) is 287 cm³/mol. The van der Waals surface area contributed by atoms with Gasteiger partial charge in [-0.1, -0.05) is 116 Å². The molecule has 1 aliphatic rings. The van der Waals surface area contributed by atoms with Crippen LogP contribution in [-0.2, 0) is 23.9 Å². The number of primary amides is 1. The molecule has 1 amide bonds. The van der Waals surface area contributed by atoms with E-state index in [9.17, 15) is 14.4 Å². The Labute approximate surface area is 409 Å². The van der Waals surface area contributed by atoms with E-state index in [0.717, 1.165) is 122 Å². The first-order valence-electron chi connectivity index (χ1n) is 25.3. The number of nitrogens with two attached hydrogens (primary N) is 1. The normalized spacial score (nSPS) is 16.0. The number of ether oxygens (including phenoxy) is 2. The van der Waals surface area contributed by atoms with Crippen LogP contribution in [0.5, 0.6) is 0 Å². The van der Waals surface area contributed by atoms with Crippen molar-refractivity contribution < 1.29 is 23.9 Å². The summed E-state index contributed by atoms with van der Waals surface area (Å²) >= 11 is 0. The second kappa shape index (κ2) is 35.4. The number of allylic oxidation sites excluding steroid dienone is 22. The molecule has 0 aromatic rings. The van der Waals surface area contributed by atoms with Crippen LogP contribution >= 0.6 is 0 Å². The summed E-state index contributed by atoms with van der Waals surface area (Å²) in [6, 6.07) is 0. The number of rotatable bonds is 34. The molecule has 0 radical (unpaired) electrons. The Morgan fingerprint density at radius 3 is 0.836 bits per heavy atom. The first-order chi connectivity index (χ1) is 31.9. The molecule has 372 valence electrons. The zero-order chi connectivity index (χ0) is 50.1. The topological polar surface area (TPSA) is 95.7 Å².